The first kappa shape index (κ1) is 17.5. The summed E-state index contributed by atoms with van der Waals surface area (Å²) < 4.78 is 29.0. The zero-order chi connectivity index (χ0) is 17.7. The van der Waals surface area contributed by atoms with Crippen molar-refractivity contribution >= 4 is 32.2 Å². The van der Waals surface area contributed by atoms with Crippen molar-refractivity contribution in [3.8, 4) is 5.75 Å². The number of sulfone groups is 1. The van der Waals surface area contributed by atoms with E-state index in [0.717, 1.165) is 16.3 Å². The minimum atomic E-state index is -3.01. The highest BCUT2D eigenvalue weighted by molar-refractivity contribution is 7.91. The fourth-order valence-corrected chi connectivity index (χ4v) is 4.25. The molecule has 0 unspecified atom stereocenters. The molecular weight excluding hydrogens is 350 g/mol. The molecule has 24 heavy (non-hydrogen) atoms. The van der Waals surface area contributed by atoms with E-state index in [1.165, 1.54) is 6.26 Å². The highest BCUT2D eigenvalue weighted by Gasteiger charge is 2.38. The molecule has 1 fully saturated rings. The summed E-state index contributed by atoms with van der Waals surface area (Å²) in [5.41, 5.74) is -0.295. The minimum absolute atomic E-state index is 0.128. The largest absolute Gasteiger partial charge is 0.490 e. The number of ether oxygens (including phenoxy) is 1. The number of rotatable bonds is 4. The molecule has 5 nitrogen and oxygen atoms in total. The summed E-state index contributed by atoms with van der Waals surface area (Å²) in [5.74, 6) is 0.624. The van der Waals surface area contributed by atoms with Crippen LogP contribution in [0.5, 0.6) is 5.75 Å². The monoisotopic (exact) mass is 369 g/mol. The second-order valence-corrected chi connectivity index (χ2v) is 9.60. The SMILES string of the molecule is CC(C)(O)c1ccc(OC2CC(S(C)(=O)=O)C2)c2cnc(Cl)cc12. The lowest BCUT2D eigenvalue weighted by atomic mass is 9.92. The van der Waals surface area contributed by atoms with Gasteiger partial charge in [-0.05, 0) is 36.9 Å². The maximum atomic E-state index is 11.5. The number of nitrogens with zero attached hydrogens (tertiary/aromatic N) is 1. The molecule has 1 heterocycles. The fraction of sp³-hybridized carbons (Fsp3) is 0.471. The Hall–Kier alpha value is -1.37. The summed E-state index contributed by atoms with van der Waals surface area (Å²) in [6, 6.07) is 5.30. The van der Waals surface area contributed by atoms with Gasteiger partial charge in [-0.2, -0.15) is 0 Å². The van der Waals surface area contributed by atoms with Crippen molar-refractivity contribution in [3.63, 3.8) is 0 Å². The van der Waals surface area contributed by atoms with Crippen LogP contribution in [-0.2, 0) is 15.4 Å². The van der Waals surface area contributed by atoms with Gasteiger partial charge >= 0.3 is 0 Å². The summed E-state index contributed by atoms with van der Waals surface area (Å²) in [7, 11) is -3.01. The van der Waals surface area contributed by atoms with E-state index in [2.05, 4.69) is 4.98 Å². The minimum Gasteiger partial charge on any atom is -0.490 e. The van der Waals surface area contributed by atoms with E-state index < -0.39 is 15.4 Å². The van der Waals surface area contributed by atoms with Crippen molar-refractivity contribution in [2.24, 2.45) is 0 Å². The van der Waals surface area contributed by atoms with Crippen molar-refractivity contribution in [1.29, 1.82) is 0 Å². The molecule has 130 valence electrons. The Morgan fingerprint density at radius 3 is 2.54 bits per heavy atom. The third-order valence-corrected chi connectivity index (χ3v) is 6.24. The van der Waals surface area contributed by atoms with Crippen LogP contribution >= 0.6 is 11.6 Å². The summed E-state index contributed by atoms with van der Waals surface area (Å²) in [6.45, 7) is 3.42. The quantitative estimate of drug-likeness (QED) is 0.838. The maximum Gasteiger partial charge on any atom is 0.150 e. The van der Waals surface area contributed by atoms with Crippen LogP contribution in [0.1, 0.15) is 32.3 Å². The first-order valence-corrected chi connectivity index (χ1v) is 10.1. The standard InChI is InChI=1S/C17H20ClNO4S/c1-17(2,20)14-4-5-15(13-9-19-16(18)8-12(13)14)23-10-6-11(7-10)24(3,21)22/h4-5,8-11,20H,6-7H2,1-3H3. The molecule has 1 aliphatic carbocycles. The van der Waals surface area contributed by atoms with Crippen LogP contribution in [0.3, 0.4) is 0 Å². The third-order valence-electron chi connectivity index (χ3n) is 4.44. The van der Waals surface area contributed by atoms with Crippen LogP contribution < -0.4 is 4.74 Å². The van der Waals surface area contributed by atoms with Gasteiger partial charge in [0.25, 0.3) is 0 Å². The summed E-state index contributed by atoms with van der Waals surface area (Å²) in [4.78, 5) is 4.10. The molecule has 1 saturated carbocycles. The van der Waals surface area contributed by atoms with Crippen LogP contribution in [0.15, 0.2) is 24.4 Å². The number of aromatic nitrogens is 1. The average Bonchev–Trinajstić information content (AvgIpc) is 2.38. The fourth-order valence-electron chi connectivity index (χ4n) is 2.97. The molecule has 0 aliphatic heterocycles. The van der Waals surface area contributed by atoms with E-state index in [1.54, 1.807) is 38.2 Å². The Kier molecular flexibility index (Phi) is 4.26. The lowest BCUT2D eigenvalue weighted by Gasteiger charge is -2.34. The molecule has 0 spiro atoms. The number of hydrogen-bond donors (Lipinski definition) is 1. The predicted molar refractivity (Wildman–Crippen MR) is 94.3 cm³/mol. The van der Waals surface area contributed by atoms with Gasteiger partial charge in [0.2, 0.25) is 0 Å². The van der Waals surface area contributed by atoms with Gasteiger partial charge in [0.15, 0.2) is 9.84 Å². The molecule has 1 aromatic carbocycles. The second kappa shape index (κ2) is 5.86. The highest BCUT2D eigenvalue weighted by atomic mass is 35.5. The summed E-state index contributed by atoms with van der Waals surface area (Å²) >= 11 is 6.01. The number of halogens is 1. The van der Waals surface area contributed by atoms with Gasteiger partial charge in [-0.25, -0.2) is 13.4 Å². The second-order valence-electron chi connectivity index (χ2n) is 6.89. The number of fused-ring (bicyclic) bond motifs is 1. The van der Waals surface area contributed by atoms with Crippen molar-refractivity contribution in [2.75, 3.05) is 6.26 Å². The van der Waals surface area contributed by atoms with Gasteiger partial charge in [0.1, 0.15) is 17.0 Å². The van der Waals surface area contributed by atoms with E-state index in [4.69, 9.17) is 16.3 Å². The van der Waals surface area contributed by atoms with E-state index in [1.807, 2.05) is 0 Å². The number of pyridine rings is 1. The molecule has 7 heteroatoms. The van der Waals surface area contributed by atoms with Gasteiger partial charge in [-0.1, -0.05) is 17.7 Å². The van der Waals surface area contributed by atoms with Gasteiger partial charge in [0.05, 0.1) is 10.9 Å². The van der Waals surface area contributed by atoms with E-state index in [-0.39, 0.29) is 11.4 Å². The number of aliphatic hydroxyl groups is 1. The Morgan fingerprint density at radius 2 is 1.96 bits per heavy atom. The molecule has 1 aliphatic rings. The van der Waals surface area contributed by atoms with E-state index in [0.29, 0.717) is 23.7 Å². The van der Waals surface area contributed by atoms with Crippen molar-refractivity contribution < 1.29 is 18.3 Å². The summed E-state index contributed by atoms with van der Waals surface area (Å²) in [6.07, 6.45) is 3.74. The molecule has 0 saturated heterocycles. The van der Waals surface area contributed by atoms with E-state index in [9.17, 15) is 13.5 Å². The Morgan fingerprint density at radius 1 is 1.29 bits per heavy atom. The Bertz CT molecular complexity index is 883. The third kappa shape index (κ3) is 3.36. The van der Waals surface area contributed by atoms with Crippen LogP contribution in [-0.4, -0.2) is 36.1 Å². The molecule has 2 aromatic rings. The molecule has 1 aromatic heterocycles. The molecule has 3 rings (SSSR count). The van der Waals surface area contributed by atoms with Gasteiger partial charge in [0, 0.05) is 30.7 Å². The molecule has 0 atom stereocenters. The maximum absolute atomic E-state index is 11.5. The van der Waals surface area contributed by atoms with Crippen molar-refractivity contribution in [2.45, 2.75) is 43.6 Å². The zero-order valence-corrected chi connectivity index (χ0v) is 15.4. The topological polar surface area (TPSA) is 76.5 Å². The van der Waals surface area contributed by atoms with Crippen molar-refractivity contribution in [3.05, 3.63) is 35.1 Å². The normalized spacial score (nSPS) is 21.5. The first-order chi connectivity index (χ1) is 11.1. The Labute approximate surface area is 146 Å². The van der Waals surface area contributed by atoms with Crippen LogP contribution in [0, 0.1) is 0 Å². The highest BCUT2D eigenvalue weighted by Crippen LogP contribution is 2.37. The van der Waals surface area contributed by atoms with Gasteiger partial charge in [-0.3, -0.25) is 0 Å². The van der Waals surface area contributed by atoms with Crippen LogP contribution in [0.4, 0.5) is 0 Å². The molecule has 0 bridgehead atoms. The first-order valence-electron chi connectivity index (χ1n) is 7.72. The van der Waals surface area contributed by atoms with Gasteiger partial charge in [-0.15, -0.1) is 0 Å². The average molecular weight is 370 g/mol. The van der Waals surface area contributed by atoms with E-state index >= 15 is 0 Å². The number of hydrogen-bond acceptors (Lipinski definition) is 5. The summed E-state index contributed by atoms with van der Waals surface area (Å²) in [5, 5.41) is 11.9. The molecule has 0 amide bonds. The predicted octanol–water partition coefficient (Wildman–Crippen LogP) is 3.07. The Balaban J connectivity index is 1.93. The molecular formula is C17H20ClNO4S. The smallest absolute Gasteiger partial charge is 0.150 e. The van der Waals surface area contributed by atoms with Crippen LogP contribution in [0.25, 0.3) is 10.8 Å². The molecule has 0 radical (unpaired) electrons. The lowest BCUT2D eigenvalue weighted by molar-refractivity contribution is 0.0800. The van der Waals surface area contributed by atoms with Crippen LogP contribution in [0.2, 0.25) is 5.15 Å². The van der Waals surface area contributed by atoms with Crippen molar-refractivity contribution in [1.82, 2.24) is 4.98 Å². The van der Waals surface area contributed by atoms with Gasteiger partial charge < -0.3 is 9.84 Å². The lowest BCUT2D eigenvalue weighted by Crippen LogP contribution is -2.42. The zero-order valence-electron chi connectivity index (χ0n) is 13.8. The number of benzene rings is 1. The molecule has 1 N–H and O–H groups in total.